The van der Waals surface area contributed by atoms with E-state index in [1.54, 1.807) is 12.4 Å². The molecule has 90 valence electrons. The molecule has 0 aliphatic carbocycles. The van der Waals surface area contributed by atoms with Crippen LogP contribution in [0.3, 0.4) is 0 Å². The Kier molecular flexibility index (Phi) is 4.30. The molecule has 1 heterocycles. The number of hydrogen-bond donors (Lipinski definition) is 1. The molecule has 0 fully saturated rings. The van der Waals surface area contributed by atoms with Crippen molar-refractivity contribution in [2.75, 3.05) is 0 Å². The molecule has 4 heteroatoms. The Morgan fingerprint density at radius 1 is 1.17 bits per heavy atom. The molecule has 0 spiro atoms. The minimum absolute atomic E-state index is 0.330. The number of aromatic nitrogens is 1. The monoisotopic (exact) mass is 257 g/mol. The molecule has 0 saturated carbocycles. The first kappa shape index (κ1) is 12.6. The van der Waals surface area contributed by atoms with E-state index < -0.39 is 0 Å². The van der Waals surface area contributed by atoms with E-state index in [9.17, 15) is 0 Å². The standard InChI is InChI=1S/C14H12ClN3/c15-13-3-1-11(2-4-13)10-18-14(9-16)12-5-7-17-8-6-12/h1-8,14,18H,10H2. The Balaban J connectivity index is 2.00. The topological polar surface area (TPSA) is 48.7 Å². The molecule has 18 heavy (non-hydrogen) atoms. The van der Waals surface area contributed by atoms with Crippen LogP contribution in [0, 0.1) is 11.3 Å². The molecule has 1 N–H and O–H groups in total. The summed E-state index contributed by atoms with van der Waals surface area (Å²) in [7, 11) is 0. The normalized spacial score (nSPS) is 11.8. The SMILES string of the molecule is N#CC(NCc1ccc(Cl)cc1)c1ccncc1. The largest absolute Gasteiger partial charge is 0.294 e. The Morgan fingerprint density at radius 2 is 1.83 bits per heavy atom. The van der Waals surface area contributed by atoms with E-state index in [0.717, 1.165) is 11.1 Å². The van der Waals surface area contributed by atoms with Gasteiger partial charge in [0, 0.05) is 24.0 Å². The van der Waals surface area contributed by atoms with E-state index in [-0.39, 0.29) is 6.04 Å². The molecular weight excluding hydrogens is 246 g/mol. The van der Waals surface area contributed by atoms with Crippen LogP contribution in [0.5, 0.6) is 0 Å². The number of hydrogen-bond acceptors (Lipinski definition) is 3. The van der Waals surface area contributed by atoms with Crippen molar-refractivity contribution in [2.24, 2.45) is 0 Å². The van der Waals surface area contributed by atoms with E-state index >= 15 is 0 Å². The lowest BCUT2D eigenvalue weighted by Gasteiger charge is -2.11. The van der Waals surface area contributed by atoms with Gasteiger partial charge in [-0.3, -0.25) is 10.3 Å². The molecule has 1 aromatic heterocycles. The third kappa shape index (κ3) is 3.30. The van der Waals surface area contributed by atoms with Crippen molar-refractivity contribution >= 4 is 11.6 Å². The second kappa shape index (κ2) is 6.15. The van der Waals surface area contributed by atoms with Gasteiger partial charge in [-0.25, -0.2) is 0 Å². The summed E-state index contributed by atoms with van der Waals surface area (Å²) in [4.78, 5) is 3.94. The number of nitrogens with one attached hydrogen (secondary N) is 1. The lowest BCUT2D eigenvalue weighted by atomic mass is 10.1. The minimum Gasteiger partial charge on any atom is -0.294 e. The highest BCUT2D eigenvalue weighted by Crippen LogP contribution is 2.13. The van der Waals surface area contributed by atoms with Gasteiger partial charge in [0.25, 0.3) is 0 Å². The molecule has 1 unspecified atom stereocenters. The van der Waals surface area contributed by atoms with Gasteiger partial charge in [0.15, 0.2) is 0 Å². The van der Waals surface area contributed by atoms with Crippen molar-refractivity contribution in [3.05, 3.63) is 64.9 Å². The molecule has 2 aromatic rings. The highest BCUT2D eigenvalue weighted by molar-refractivity contribution is 6.30. The van der Waals surface area contributed by atoms with Gasteiger partial charge in [0.05, 0.1) is 6.07 Å². The van der Waals surface area contributed by atoms with Crippen LogP contribution in [-0.4, -0.2) is 4.98 Å². The smallest absolute Gasteiger partial charge is 0.121 e. The Hall–Kier alpha value is -1.89. The molecule has 0 saturated heterocycles. The predicted molar refractivity (Wildman–Crippen MR) is 70.9 cm³/mol. The second-order valence-corrected chi connectivity index (χ2v) is 4.29. The van der Waals surface area contributed by atoms with Crippen LogP contribution < -0.4 is 5.32 Å². The molecule has 0 aliphatic heterocycles. The highest BCUT2D eigenvalue weighted by Gasteiger charge is 2.08. The van der Waals surface area contributed by atoms with Crippen molar-refractivity contribution in [3.63, 3.8) is 0 Å². The van der Waals surface area contributed by atoms with Gasteiger partial charge in [-0.1, -0.05) is 23.7 Å². The summed E-state index contributed by atoms with van der Waals surface area (Å²) in [6.07, 6.45) is 3.37. The zero-order chi connectivity index (χ0) is 12.8. The predicted octanol–water partition coefficient (Wildman–Crippen LogP) is 3.09. The number of rotatable bonds is 4. The van der Waals surface area contributed by atoms with E-state index in [1.807, 2.05) is 36.4 Å². The third-order valence-electron chi connectivity index (χ3n) is 2.59. The van der Waals surface area contributed by atoms with Gasteiger partial charge < -0.3 is 0 Å². The number of nitrogens with zero attached hydrogens (tertiary/aromatic N) is 2. The summed E-state index contributed by atoms with van der Waals surface area (Å²) in [5.41, 5.74) is 2.01. The van der Waals surface area contributed by atoms with E-state index in [1.165, 1.54) is 0 Å². The number of halogens is 1. The Morgan fingerprint density at radius 3 is 2.44 bits per heavy atom. The molecule has 1 aromatic carbocycles. The van der Waals surface area contributed by atoms with Crippen LogP contribution in [-0.2, 0) is 6.54 Å². The molecule has 0 radical (unpaired) electrons. The first-order valence-corrected chi connectivity index (χ1v) is 5.95. The first-order chi connectivity index (χ1) is 8.79. The fourth-order valence-electron chi connectivity index (χ4n) is 1.62. The van der Waals surface area contributed by atoms with Crippen molar-refractivity contribution in [1.82, 2.24) is 10.3 Å². The number of benzene rings is 1. The summed E-state index contributed by atoms with van der Waals surface area (Å²) < 4.78 is 0. The molecule has 3 nitrogen and oxygen atoms in total. The van der Waals surface area contributed by atoms with E-state index in [4.69, 9.17) is 16.9 Å². The summed E-state index contributed by atoms with van der Waals surface area (Å²) in [6.45, 7) is 0.623. The van der Waals surface area contributed by atoms with E-state index in [2.05, 4.69) is 16.4 Å². The molecule has 2 rings (SSSR count). The maximum Gasteiger partial charge on any atom is 0.121 e. The van der Waals surface area contributed by atoms with Crippen molar-refractivity contribution in [1.29, 1.82) is 5.26 Å². The lowest BCUT2D eigenvalue weighted by molar-refractivity contribution is 0.630. The summed E-state index contributed by atoms with van der Waals surface area (Å²) in [5, 5.41) is 13.0. The van der Waals surface area contributed by atoms with Gasteiger partial charge in [-0.15, -0.1) is 0 Å². The third-order valence-corrected chi connectivity index (χ3v) is 2.84. The first-order valence-electron chi connectivity index (χ1n) is 5.57. The average Bonchev–Trinajstić information content (AvgIpc) is 2.43. The van der Waals surface area contributed by atoms with Crippen LogP contribution >= 0.6 is 11.6 Å². The minimum atomic E-state index is -0.330. The van der Waals surface area contributed by atoms with Gasteiger partial charge in [-0.2, -0.15) is 5.26 Å². The summed E-state index contributed by atoms with van der Waals surface area (Å²) in [6, 6.07) is 13.1. The van der Waals surface area contributed by atoms with Crippen LogP contribution in [0.25, 0.3) is 0 Å². The average molecular weight is 258 g/mol. The van der Waals surface area contributed by atoms with Gasteiger partial charge in [-0.05, 0) is 35.4 Å². The van der Waals surface area contributed by atoms with Crippen LogP contribution in [0.15, 0.2) is 48.8 Å². The van der Waals surface area contributed by atoms with Gasteiger partial charge in [0.1, 0.15) is 6.04 Å². The fraction of sp³-hybridized carbons (Fsp3) is 0.143. The molecule has 0 amide bonds. The molecule has 0 aliphatic rings. The van der Waals surface area contributed by atoms with Crippen molar-refractivity contribution in [3.8, 4) is 6.07 Å². The maximum atomic E-state index is 9.15. The fourth-order valence-corrected chi connectivity index (χ4v) is 1.74. The molecular formula is C14H12ClN3. The maximum absolute atomic E-state index is 9.15. The Labute approximate surface area is 111 Å². The highest BCUT2D eigenvalue weighted by atomic mass is 35.5. The number of pyridine rings is 1. The zero-order valence-corrected chi connectivity index (χ0v) is 10.4. The van der Waals surface area contributed by atoms with Crippen LogP contribution in [0.4, 0.5) is 0 Å². The number of nitriles is 1. The quantitative estimate of drug-likeness (QED) is 0.916. The van der Waals surface area contributed by atoms with Gasteiger partial charge >= 0.3 is 0 Å². The van der Waals surface area contributed by atoms with Crippen LogP contribution in [0.2, 0.25) is 5.02 Å². The summed E-state index contributed by atoms with van der Waals surface area (Å²) >= 11 is 5.82. The molecule has 0 bridgehead atoms. The van der Waals surface area contributed by atoms with Crippen molar-refractivity contribution < 1.29 is 0 Å². The molecule has 1 atom stereocenters. The van der Waals surface area contributed by atoms with Gasteiger partial charge in [0.2, 0.25) is 0 Å². The van der Waals surface area contributed by atoms with Crippen LogP contribution in [0.1, 0.15) is 17.2 Å². The van der Waals surface area contributed by atoms with E-state index in [0.29, 0.717) is 11.6 Å². The zero-order valence-electron chi connectivity index (χ0n) is 9.68. The lowest BCUT2D eigenvalue weighted by Crippen LogP contribution is -2.19. The Bertz CT molecular complexity index is 531. The van der Waals surface area contributed by atoms with Crippen molar-refractivity contribution in [2.45, 2.75) is 12.6 Å². The second-order valence-electron chi connectivity index (χ2n) is 3.85. The summed E-state index contributed by atoms with van der Waals surface area (Å²) in [5.74, 6) is 0.